The Kier molecular flexibility index (Phi) is 2.86. The third-order valence-electron chi connectivity index (χ3n) is 3.72. The predicted octanol–water partition coefficient (Wildman–Crippen LogP) is 4.49. The van der Waals surface area contributed by atoms with Gasteiger partial charge in [0, 0.05) is 23.2 Å². The average Bonchev–Trinajstić information content (AvgIpc) is 3.06. The number of nitrogens with zero attached hydrogens (tertiary/aromatic N) is 2. The Morgan fingerprint density at radius 1 is 1.00 bits per heavy atom. The number of nitrogens with one attached hydrogen (secondary N) is 2. The first-order valence-electron chi connectivity index (χ1n) is 6.83. The summed E-state index contributed by atoms with van der Waals surface area (Å²) in [6, 6.07) is 10.7. The van der Waals surface area contributed by atoms with Crippen LogP contribution in [0.5, 0.6) is 0 Å². The van der Waals surface area contributed by atoms with Crippen LogP contribution in [0, 0.1) is 0 Å². The zero-order valence-electron chi connectivity index (χ0n) is 11.5. The van der Waals surface area contributed by atoms with E-state index in [-0.39, 0.29) is 0 Å². The Morgan fingerprint density at radius 3 is 2.48 bits per heavy atom. The molecule has 0 spiro atoms. The number of fused-ring (bicyclic) bond motifs is 2. The van der Waals surface area contributed by atoms with Crippen LogP contribution in [-0.4, -0.2) is 9.97 Å². The van der Waals surface area contributed by atoms with Crippen LogP contribution >= 0.6 is 11.3 Å². The second-order valence-corrected chi connectivity index (χ2v) is 6.02. The van der Waals surface area contributed by atoms with E-state index in [2.05, 4.69) is 63.2 Å². The number of rotatable bonds is 2. The van der Waals surface area contributed by atoms with Gasteiger partial charge in [0.25, 0.3) is 0 Å². The number of anilines is 4. The van der Waals surface area contributed by atoms with Crippen molar-refractivity contribution in [1.82, 2.24) is 9.97 Å². The maximum atomic E-state index is 4.31. The minimum absolute atomic E-state index is 0.389. The lowest BCUT2D eigenvalue weighted by Crippen LogP contribution is -2.10. The lowest BCUT2D eigenvalue weighted by atomic mass is 9.98. The van der Waals surface area contributed by atoms with Gasteiger partial charge in [0.15, 0.2) is 11.6 Å². The molecule has 1 unspecified atom stereocenters. The van der Waals surface area contributed by atoms with E-state index in [1.807, 2.05) is 0 Å². The van der Waals surface area contributed by atoms with Crippen LogP contribution in [0.3, 0.4) is 0 Å². The van der Waals surface area contributed by atoms with Crippen molar-refractivity contribution in [2.75, 3.05) is 10.6 Å². The van der Waals surface area contributed by atoms with Crippen molar-refractivity contribution >= 4 is 34.3 Å². The quantitative estimate of drug-likeness (QED) is 0.572. The zero-order valence-corrected chi connectivity index (χ0v) is 12.3. The van der Waals surface area contributed by atoms with Crippen molar-refractivity contribution in [3.8, 4) is 0 Å². The molecule has 0 saturated heterocycles. The first-order chi connectivity index (χ1) is 10.3. The summed E-state index contributed by atoms with van der Waals surface area (Å²) in [5.74, 6) is 1.93. The Balaban J connectivity index is 1.70. The normalized spacial score (nSPS) is 13.6. The fourth-order valence-corrected chi connectivity index (χ4v) is 3.33. The minimum atomic E-state index is 0.389. The van der Waals surface area contributed by atoms with Crippen LogP contribution < -0.4 is 10.6 Å². The number of hydrogen-bond donors (Lipinski definition) is 2. The SMILES string of the molecule is CC(c1ccc2c(c1)Nc1nccnc1N2)c1cccs1. The topological polar surface area (TPSA) is 49.8 Å². The van der Waals surface area contributed by atoms with E-state index in [1.54, 1.807) is 23.7 Å². The summed E-state index contributed by atoms with van der Waals surface area (Å²) in [5, 5.41) is 8.78. The van der Waals surface area contributed by atoms with Crippen molar-refractivity contribution in [2.24, 2.45) is 0 Å². The maximum Gasteiger partial charge on any atom is 0.174 e. The predicted molar refractivity (Wildman–Crippen MR) is 86.9 cm³/mol. The van der Waals surface area contributed by atoms with Gasteiger partial charge >= 0.3 is 0 Å². The standard InChI is InChI=1S/C16H14N4S/c1-10(14-3-2-8-21-14)11-4-5-12-13(9-11)20-16-15(19-12)17-6-7-18-16/h2-10H,1H3,(H,17,19)(H,18,20). The summed E-state index contributed by atoms with van der Waals surface area (Å²) in [5.41, 5.74) is 3.37. The molecule has 1 aromatic carbocycles. The van der Waals surface area contributed by atoms with Crippen LogP contribution in [0.25, 0.3) is 0 Å². The molecule has 5 heteroatoms. The third kappa shape index (κ3) is 2.15. The molecule has 0 fully saturated rings. The summed E-state index contributed by atoms with van der Waals surface area (Å²) in [7, 11) is 0. The molecule has 2 N–H and O–H groups in total. The van der Waals surface area contributed by atoms with Gasteiger partial charge in [-0.1, -0.05) is 19.1 Å². The Bertz CT molecular complexity index is 783. The number of aromatic nitrogens is 2. The highest BCUT2D eigenvalue weighted by atomic mass is 32.1. The van der Waals surface area contributed by atoms with Gasteiger partial charge in [0.1, 0.15) is 0 Å². The summed E-state index contributed by atoms with van der Waals surface area (Å²) in [4.78, 5) is 9.96. The van der Waals surface area contributed by atoms with E-state index in [0.717, 1.165) is 23.0 Å². The molecule has 1 aliphatic rings. The highest BCUT2D eigenvalue weighted by Crippen LogP contribution is 2.38. The van der Waals surface area contributed by atoms with Gasteiger partial charge in [-0.15, -0.1) is 11.3 Å². The van der Waals surface area contributed by atoms with Crippen LogP contribution in [0.1, 0.15) is 23.3 Å². The Labute approximate surface area is 126 Å². The molecule has 0 amide bonds. The molecule has 3 heterocycles. The zero-order chi connectivity index (χ0) is 14.2. The molecule has 1 aliphatic heterocycles. The Morgan fingerprint density at radius 2 is 1.76 bits per heavy atom. The molecular formula is C16H14N4S. The molecule has 4 nitrogen and oxygen atoms in total. The summed E-state index contributed by atoms with van der Waals surface area (Å²) >= 11 is 1.79. The van der Waals surface area contributed by atoms with E-state index < -0.39 is 0 Å². The van der Waals surface area contributed by atoms with Crippen LogP contribution in [0.2, 0.25) is 0 Å². The smallest absolute Gasteiger partial charge is 0.174 e. The summed E-state index contributed by atoms with van der Waals surface area (Å²) < 4.78 is 0. The molecule has 104 valence electrons. The molecule has 3 aromatic rings. The lowest BCUT2D eigenvalue weighted by molar-refractivity contribution is 0.948. The van der Waals surface area contributed by atoms with Gasteiger partial charge in [0.05, 0.1) is 11.4 Å². The van der Waals surface area contributed by atoms with Crippen LogP contribution in [-0.2, 0) is 0 Å². The van der Waals surface area contributed by atoms with Gasteiger partial charge in [-0.05, 0) is 29.1 Å². The fraction of sp³-hybridized carbons (Fsp3) is 0.125. The first kappa shape index (κ1) is 12.3. The van der Waals surface area contributed by atoms with E-state index in [9.17, 15) is 0 Å². The summed E-state index contributed by atoms with van der Waals surface area (Å²) in [6.45, 7) is 2.23. The molecule has 1 atom stereocenters. The molecule has 21 heavy (non-hydrogen) atoms. The molecule has 2 aromatic heterocycles. The molecule has 0 saturated carbocycles. The highest BCUT2D eigenvalue weighted by Gasteiger charge is 2.18. The van der Waals surface area contributed by atoms with Gasteiger partial charge in [0.2, 0.25) is 0 Å². The number of hydrogen-bond acceptors (Lipinski definition) is 5. The van der Waals surface area contributed by atoms with Gasteiger partial charge in [-0.25, -0.2) is 9.97 Å². The Hall–Kier alpha value is -2.40. The third-order valence-corrected chi connectivity index (χ3v) is 4.77. The van der Waals surface area contributed by atoms with Crippen molar-refractivity contribution in [3.05, 3.63) is 58.5 Å². The van der Waals surface area contributed by atoms with Gasteiger partial charge < -0.3 is 10.6 Å². The van der Waals surface area contributed by atoms with Gasteiger partial charge in [-0.2, -0.15) is 0 Å². The van der Waals surface area contributed by atoms with Crippen molar-refractivity contribution in [2.45, 2.75) is 12.8 Å². The number of thiophene rings is 1. The van der Waals surface area contributed by atoms with Crippen molar-refractivity contribution in [1.29, 1.82) is 0 Å². The molecule has 0 aliphatic carbocycles. The molecule has 4 rings (SSSR count). The van der Waals surface area contributed by atoms with Gasteiger partial charge in [-0.3, -0.25) is 0 Å². The fourth-order valence-electron chi connectivity index (χ4n) is 2.52. The largest absolute Gasteiger partial charge is 0.335 e. The molecule has 0 radical (unpaired) electrons. The van der Waals surface area contributed by atoms with Crippen molar-refractivity contribution in [3.63, 3.8) is 0 Å². The van der Waals surface area contributed by atoms with E-state index in [0.29, 0.717) is 5.92 Å². The van der Waals surface area contributed by atoms with Crippen molar-refractivity contribution < 1.29 is 0 Å². The minimum Gasteiger partial charge on any atom is -0.335 e. The molecule has 0 bridgehead atoms. The monoisotopic (exact) mass is 294 g/mol. The van der Waals surface area contributed by atoms with Crippen LogP contribution in [0.15, 0.2) is 48.1 Å². The van der Waals surface area contributed by atoms with E-state index >= 15 is 0 Å². The maximum absolute atomic E-state index is 4.31. The second-order valence-electron chi connectivity index (χ2n) is 5.05. The van der Waals surface area contributed by atoms with Crippen LogP contribution in [0.4, 0.5) is 23.0 Å². The number of benzene rings is 1. The van der Waals surface area contributed by atoms with E-state index in [1.165, 1.54) is 10.4 Å². The lowest BCUT2D eigenvalue weighted by Gasteiger charge is -2.22. The summed E-state index contributed by atoms with van der Waals surface area (Å²) in [6.07, 6.45) is 3.38. The molecular weight excluding hydrogens is 280 g/mol. The van der Waals surface area contributed by atoms with E-state index in [4.69, 9.17) is 0 Å². The second kappa shape index (κ2) is 4.86. The first-order valence-corrected chi connectivity index (χ1v) is 7.71. The average molecular weight is 294 g/mol. The highest BCUT2D eigenvalue weighted by molar-refractivity contribution is 7.10.